The second-order valence-electron chi connectivity index (χ2n) is 8.53. The number of hydrogen-bond acceptors (Lipinski definition) is 5. The Kier molecular flexibility index (Phi) is 6.80. The van der Waals surface area contributed by atoms with Crippen molar-refractivity contribution in [3.05, 3.63) is 129 Å². The lowest BCUT2D eigenvalue weighted by molar-refractivity contribution is -0.384. The van der Waals surface area contributed by atoms with Crippen LogP contribution in [0.2, 0.25) is 0 Å². The molecule has 0 saturated carbocycles. The Labute approximate surface area is 208 Å². The van der Waals surface area contributed by atoms with Gasteiger partial charge in [-0.1, -0.05) is 60.7 Å². The summed E-state index contributed by atoms with van der Waals surface area (Å²) in [5.41, 5.74) is 5.55. The Hall–Kier alpha value is -4.56. The molecule has 1 aromatic heterocycles. The fraction of sp³-hybridized carbons (Fsp3) is 0.143. The van der Waals surface area contributed by atoms with Crippen LogP contribution in [0.4, 0.5) is 5.69 Å². The van der Waals surface area contributed by atoms with E-state index in [0.717, 1.165) is 28.2 Å². The molecule has 0 spiro atoms. The Morgan fingerprint density at radius 1 is 0.972 bits per heavy atom. The van der Waals surface area contributed by atoms with Crippen molar-refractivity contribution in [2.75, 3.05) is 0 Å². The molecule has 0 radical (unpaired) electrons. The number of benzene rings is 3. The lowest BCUT2D eigenvalue weighted by atomic mass is 9.85. The summed E-state index contributed by atoms with van der Waals surface area (Å²) in [6.07, 6.45) is 1.52. The SMILES string of the molecule is Cc1cc([N+](=O)[O-])ccc1-n1c(C)cc(/C=N\NC(=O)C(O)(c2ccccc2)c2ccccc2)c1C. The highest BCUT2D eigenvalue weighted by atomic mass is 16.6. The predicted octanol–water partition coefficient (Wildman–Crippen LogP) is 4.70. The van der Waals surface area contributed by atoms with Gasteiger partial charge in [0.05, 0.1) is 11.1 Å². The number of nitro groups is 1. The molecule has 8 nitrogen and oxygen atoms in total. The fourth-order valence-electron chi connectivity index (χ4n) is 4.32. The summed E-state index contributed by atoms with van der Waals surface area (Å²) in [6.45, 7) is 5.65. The van der Waals surface area contributed by atoms with Crippen LogP contribution < -0.4 is 5.43 Å². The zero-order valence-electron chi connectivity index (χ0n) is 20.2. The van der Waals surface area contributed by atoms with Gasteiger partial charge in [0.2, 0.25) is 0 Å². The third kappa shape index (κ3) is 4.54. The number of carbonyl (C=O) groups excluding carboxylic acids is 1. The molecule has 4 aromatic rings. The second kappa shape index (κ2) is 9.97. The van der Waals surface area contributed by atoms with Gasteiger partial charge in [-0.05, 0) is 49.6 Å². The van der Waals surface area contributed by atoms with E-state index >= 15 is 0 Å². The topological polar surface area (TPSA) is 110 Å². The van der Waals surface area contributed by atoms with E-state index in [2.05, 4.69) is 10.5 Å². The van der Waals surface area contributed by atoms with Gasteiger partial charge in [-0.25, -0.2) is 5.43 Å². The Balaban J connectivity index is 1.62. The Bertz CT molecular complexity index is 1400. The van der Waals surface area contributed by atoms with Gasteiger partial charge in [0, 0.05) is 34.8 Å². The van der Waals surface area contributed by atoms with E-state index in [0.29, 0.717) is 11.1 Å². The number of aromatic nitrogens is 1. The monoisotopic (exact) mass is 482 g/mol. The molecule has 2 N–H and O–H groups in total. The molecule has 0 aliphatic heterocycles. The van der Waals surface area contributed by atoms with Crippen LogP contribution in [0.25, 0.3) is 5.69 Å². The van der Waals surface area contributed by atoms with Crippen LogP contribution in [0.5, 0.6) is 0 Å². The molecule has 1 amide bonds. The molecule has 8 heteroatoms. The number of aliphatic hydroxyl groups is 1. The smallest absolute Gasteiger partial charge is 0.281 e. The number of aryl methyl sites for hydroxylation is 2. The second-order valence-corrected chi connectivity index (χ2v) is 8.53. The van der Waals surface area contributed by atoms with Gasteiger partial charge >= 0.3 is 0 Å². The summed E-state index contributed by atoms with van der Waals surface area (Å²) in [4.78, 5) is 23.9. The molecular weight excluding hydrogens is 456 g/mol. The molecule has 0 bridgehead atoms. The number of rotatable bonds is 7. The van der Waals surface area contributed by atoms with Gasteiger partial charge in [0.25, 0.3) is 11.6 Å². The number of amides is 1. The summed E-state index contributed by atoms with van der Waals surface area (Å²) >= 11 is 0. The maximum absolute atomic E-state index is 13.2. The normalized spacial score (nSPS) is 11.6. The van der Waals surface area contributed by atoms with Gasteiger partial charge in [-0.3, -0.25) is 14.9 Å². The van der Waals surface area contributed by atoms with E-state index < -0.39 is 16.4 Å². The minimum atomic E-state index is -1.92. The molecule has 182 valence electrons. The van der Waals surface area contributed by atoms with Crippen LogP contribution >= 0.6 is 0 Å². The van der Waals surface area contributed by atoms with Crippen molar-refractivity contribution in [3.8, 4) is 5.69 Å². The Morgan fingerprint density at radius 3 is 2.08 bits per heavy atom. The summed E-state index contributed by atoms with van der Waals surface area (Å²) in [6, 6.07) is 24.1. The van der Waals surface area contributed by atoms with Crippen LogP contribution in [0, 0.1) is 30.9 Å². The maximum atomic E-state index is 13.2. The van der Waals surface area contributed by atoms with Gasteiger partial charge in [-0.15, -0.1) is 0 Å². The highest BCUT2D eigenvalue weighted by molar-refractivity contribution is 5.91. The van der Waals surface area contributed by atoms with Crippen molar-refractivity contribution in [2.24, 2.45) is 5.10 Å². The van der Waals surface area contributed by atoms with Crippen LogP contribution in [0.1, 0.15) is 33.6 Å². The highest BCUT2D eigenvalue weighted by Crippen LogP contribution is 2.30. The number of hydrazone groups is 1. The molecule has 36 heavy (non-hydrogen) atoms. The lowest BCUT2D eigenvalue weighted by Crippen LogP contribution is -2.43. The third-order valence-corrected chi connectivity index (χ3v) is 6.18. The first-order chi connectivity index (χ1) is 17.2. The van der Waals surface area contributed by atoms with Crippen molar-refractivity contribution in [3.63, 3.8) is 0 Å². The van der Waals surface area contributed by atoms with Crippen molar-refractivity contribution < 1.29 is 14.8 Å². The molecule has 0 fully saturated rings. The average Bonchev–Trinajstić information content (AvgIpc) is 3.16. The van der Waals surface area contributed by atoms with Crippen LogP contribution in [-0.2, 0) is 10.4 Å². The van der Waals surface area contributed by atoms with Crippen LogP contribution in [0.3, 0.4) is 0 Å². The maximum Gasteiger partial charge on any atom is 0.281 e. The van der Waals surface area contributed by atoms with E-state index in [1.165, 1.54) is 18.3 Å². The zero-order valence-corrected chi connectivity index (χ0v) is 20.2. The molecule has 0 saturated heterocycles. The van der Waals surface area contributed by atoms with Crippen molar-refractivity contribution in [2.45, 2.75) is 26.4 Å². The van der Waals surface area contributed by atoms with Crippen molar-refractivity contribution >= 4 is 17.8 Å². The van der Waals surface area contributed by atoms with E-state index in [-0.39, 0.29) is 5.69 Å². The molecular formula is C28H26N4O4. The van der Waals surface area contributed by atoms with E-state index in [1.807, 2.05) is 43.5 Å². The van der Waals surface area contributed by atoms with Gasteiger partial charge in [0.1, 0.15) is 0 Å². The third-order valence-electron chi connectivity index (χ3n) is 6.18. The number of nitrogens with zero attached hydrogens (tertiary/aromatic N) is 3. The first-order valence-electron chi connectivity index (χ1n) is 11.3. The molecule has 0 atom stereocenters. The molecule has 0 aliphatic carbocycles. The lowest BCUT2D eigenvalue weighted by Gasteiger charge is -2.27. The average molecular weight is 483 g/mol. The van der Waals surface area contributed by atoms with Crippen LogP contribution in [-0.4, -0.2) is 26.7 Å². The van der Waals surface area contributed by atoms with Gasteiger partial charge in [-0.2, -0.15) is 5.10 Å². The predicted molar refractivity (Wildman–Crippen MR) is 138 cm³/mol. The number of carbonyl (C=O) groups is 1. The first kappa shape index (κ1) is 24.6. The van der Waals surface area contributed by atoms with Crippen molar-refractivity contribution in [1.29, 1.82) is 0 Å². The highest BCUT2D eigenvalue weighted by Gasteiger charge is 2.39. The Morgan fingerprint density at radius 2 is 1.56 bits per heavy atom. The first-order valence-corrected chi connectivity index (χ1v) is 11.3. The van der Waals surface area contributed by atoms with Gasteiger partial charge < -0.3 is 9.67 Å². The minimum absolute atomic E-state index is 0.0347. The fourth-order valence-corrected chi connectivity index (χ4v) is 4.32. The zero-order chi connectivity index (χ0) is 25.9. The quantitative estimate of drug-likeness (QED) is 0.226. The van der Waals surface area contributed by atoms with E-state index in [4.69, 9.17) is 0 Å². The molecule has 4 rings (SSSR count). The molecule has 3 aromatic carbocycles. The number of nitro benzene ring substituents is 1. The number of nitrogens with one attached hydrogen (secondary N) is 1. The van der Waals surface area contributed by atoms with Crippen molar-refractivity contribution in [1.82, 2.24) is 9.99 Å². The van der Waals surface area contributed by atoms with Gasteiger partial charge in [0.15, 0.2) is 5.60 Å². The van der Waals surface area contributed by atoms with E-state index in [1.54, 1.807) is 54.6 Å². The summed E-state index contributed by atoms with van der Waals surface area (Å²) in [5, 5.41) is 26.8. The molecule has 0 aliphatic rings. The summed E-state index contributed by atoms with van der Waals surface area (Å²) in [7, 11) is 0. The number of non-ortho nitro benzene ring substituents is 1. The largest absolute Gasteiger partial charge is 0.372 e. The molecule has 0 unspecified atom stereocenters. The minimum Gasteiger partial charge on any atom is -0.372 e. The standard InChI is InChI=1S/C28H26N4O4/c1-19-16-25(32(35)36)14-15-26(19)31-20(2)17-22(21(31)3)18-29-30-27(33)28(34,23-10-6-4-7-11-23)24-12-8-5-9-13-24/h4-18,34H,1-3H3,(H,30,33)/b29-18-. The van der Waals surface area contributed by atoms with Crippen LogP contribution in [0.15, 0.2) is 90.0 Å². The number of hydrogen-bond donors (Lipinski definition) is 2. The summed E-state index contributed by atoms with van der Waals surface area (Å²) < 4.78 is 1.98. The summed E-state index contributed by atoms with van der Waals surface area (Å²) in [5.74, 6) is -0.684. The van der Waals surface area contributed by atoms with E-state index in [9.17, 15) is 20.0 Å². The molecule has 1 heterocycles.